The number of benzene rings is 1. The second kappa shape index (κ2) is 4.50. The molecular formula is C11H7BrClNO3. The number of hydrogen-bond acceptors (Lipinski definition) is 3. The molecule has 2 aromatic rings. The van der Waals surface area contributed by atoms with Crippen LogP contribution in [0, 0.1) is 6.92 Å². The number of hydrogen-bond donors (Lipinski definition) is 1. The molecule has 1 aromatic heterocycles. The minimum atomic E-state index is -1.07. The molecule has 1 N–H and O–H groups in total. The molecule has 0 spiro atoms. The summed E-state index contributed by atoms with van der Waals surface area (Å²) >= 11 is 9.21. The molecule has 17 heavy (non-hydrogen) atoms. The highest BCUT2D eigenvalue weighted by Gasteiger charge is 2.21. The first-order valence-electron chi connectivity index (χ1n) is 4.65. The summed E-state index contributed by atoms with van der Waals surface area (Å²) in [5.41, 5.74) is 0.945. The van der Waals surface area contributed by atoms with Gasteiger partial charge >= 0.3 is 5.97 Å². The van der Waals surface area contributed by atoms with E-state index in [1.165, 1.54) is 0 Å². The van der Waals surface area contributed by atoms with Crippen LogP contribution in [0.5, 0.6) is 0 Å². The second-order valence-corrected chi connectivity index (χ2v) is 4.66. The molecule has 88 valence electrons. The van der Waals surface area contributed by atoms with Gasteiger partial charge in [-0.15, -0.1) is 0 Å². The zero-order valence-corrected chi connectivity index (χ0v) is 11.0. The van der Waals surface area contributed by atoms with E-state index >= 15 is 0 Å². The van der Waals surface area contributed by atoms with E-state index in [9.17, 15) is 4.79 Å². The van der Waals surface area contributed by atoms with Crippen molar-refractivity contribution in [1.82, 2.24) is 5.16 Å². The van der Waals surface area contributed by atoms with Crippen molar-refractivity contribution in [2.45, 2.75) is 6.92 Å². The van der Waals surface area contributed by atoms with E-state index in [1.807, 2.05) is 0 Å². The number of carboxylic acids is 1. The predicted octanol–water partition coefficient (Wildman–Crippen LogP) is 3.76. The van der Waals surface area contributed by atoms with Crippen LogP contribution >= 0.6 is 27.5 Å². The molecule has 0 unspecified atom stereocenters. The maximum atomic E-state index is 11.1. The van der Waals surface area contributed by atoms with Gasteiger partial charge in [-0.25, -0.2) is 4.79 Å². The van der Waals surface area contributed by atoms with Gasteiger partial charge in [0.1, 0.15) is 17.0 Å². The number of carboxylic acid groups (broad SMARTS) is 1. The quantitative estimate of drug-likeness (QED) is 0.916. The number of nitrogens with zero attached hydrogens (tertiary/aromatic N) is 1. The highest BCUT2D eigenvalue weighted by Crippen LogP contribution is 2.31. The van der Waals surface area contributed by atoms with Gasteiger partial charge in [-0.1, -0.05) is 22.8 Å². The molecule has 0 saturated carbocycles. The Morgan fingerprint density at radius 2 is 2.24 bits per heavy atom. The van der Waals surface area contributed by atoms with Gasteiger partial charge in [-0.3, -0.25) is 0 Å². The van der Waals surface area contributed by atoms with Gasteiger partial charge < -0.3 is 9.63 Å². The Morgan fingerprint density at radius 1 is 1.53 bits per heavy atom. The molecule has 0 aliphatic heterocycles. The van der Waals surface area contributed by atoms with Crippen LogP contribution < -0.4 is 0 Å². The lowest BCUT2D eigenvalue weighted by Gasteiger charge is -2.00. The minimum Gasteiger partial charge on any atom is -0.477 e. The molecular weight excluding hydrogens is 309 g/mol. The third-order valence-electron chi connectivity index (χ3n) is 2.27. The maximum Gasteiger partial charge on any atom is 0.341 e. The zero-order valence-electron chi connectivity index (χ0n) is 8.70. The van der Waals surface area contributed by atoms with E-state index in [0.29, 0.717) is 10.6 Å². The fourth-order valence-corrected chi connectivity index (χ4v) is 1.89. The Hall–Kier alpha value is -1.33. The van der Waals surface area contributed by atoms with Crippen molar-refractivity contribution in [2.24, 2.45) is 0 Å². The third kappa shape index (κ3) is 2.21. The molecule has 0 radical (unpaired) electrons. The van der Waals surface area contributed by atoms with Crippen molar-refractivity contribution in [2.75, 3.05) is 0 Å². The van der Waals surface area contributed by atoms with Crippen molar-refractivity contribution in [3.05, 3.63) is 39.0 Å². The van der Waals surface area contributed by atoms with Gasteiger partial charge in [-0.05, 0) is 35.0 Å². The van der Waals surface area contributed by atoms with Crippen LogP contribution in [0.3, 0.4) is 0 Å². The zero-order chi connectivity index (χ0) is 12.6. The summed E-state index contributed by atoms with van der Waals surface area (Å²) < 4.78 is 5.63. The lowest BCUT2D eigenvalue weighted by Crippen LogP contribution is -1.99. The molecule has 1 heterocycles. The molecule has 0 fully saturated rings. The van der Waals surface area contributed by atoms with Crippen LogP contribution in [0.15, 0.2) is 27.2 Å². The highest BCUT2D eigenvalue weighted by atomic mass is 79.9. The van der Waals surface area contributed by atoms with Gasteiger partial charge in [0.15, 0.2) is 0 Å². The predicted molar refractivity (Wildman–Crippen MR) is 66.3 cm³/mol. The van der Waals surface area contributed by atoms with Gasteiger partial charge in [0.05, 0.1) is 5.02 Å². The SMILES string of the molecule is Cc1onc(-c2ccc(Br)c(Cl)c2)c1C(=O)O. The topological polar surface area (TPSA) is 63.3 Å². The number of rotatable bonds is 2. The average Bonchev–Trinajstić information content (AvgIpc) is 2.64. The second-order valence-electron chi connectivity index (χ2n) is 3.40. The molecule has 0 saturated heterocycles. The Labute approximate surface area is 110 Å². The highest BCUT2D eigenvalue weighted by molar-refractivity contribution is 9.10. The van der Waals surface area contributed by atoms with Gasteiger partial charge in [-0.2, -0.15) is 0 Å². The lowest BCUT2D eigenvalue weighted by atomic mass is 10.1. The summed E-state index contributed by atoms with van der Waals surface area (Å²) in [5, 5.41) is 13.3. The van der Waals surface area contributed by atoms with Gasteiger partial charge in [0, 0.05) is 10.0 Å². The first-order chi connectivity index (χ1) is 8.00. The summed E-state index contributed by atoms with van der Waals surface area (Å²) in [6, 6.07) is 5.09. The minimum absolute atomic E-state index is 0.0587. The molecule has 4 nitrogen and oxygen atoms in total. The number of aromatic nitrogens is 1. The average molecular weight is 317 g/mol. The Kier molecular flexibility index (Phi) is 3.22. The molecule has 0 amide bonds. The summed E-state index contributed by atoms with van der Waals surface area (Å²) in [4.78, 5) is 11.1. The summed E-state index contributed by atoms with van der Waals surface area (Å²) in [6.45, 7) is 1.56. The first kappa shape index (κ1) is 12.1. The molecule has 0 aliphatic rings. The van der Waals surface area contributed by atoms with E-state index in [-0.39, 0.29) is 17.0 Å². The smallest absolute Gasteiger partial charge is 0.341 e. The summed E-state index contributed by atoms with van der Waals surface area (Å²) in [5.74, 6) is -0.802. The van der Waals surface area contributed by atoms with Crippen molar-refractivity contribution >= 4 is 33.5 Å². The van der Waals surface area contributed by atoms with E-state index in [4.69, 9.17) is 21.2 Å². The molecule has 6 heteroatoms. The van der Waals surface area contributed by atoms with E-state index in [0.717, 1.165) is 4.47 Å². The largest absolute Gasteiger partial charge is 0.477 e. The van der Waals surface area contributed by atoms with Crippen LogP contribution in [0.4, 0.5) is 0 Å². The van der Waals surface area contributed by atoms with Crippen molar-refractivity contribution in [1.29, 1.82) is 0 Å². The normalized spacial score (nSPS) is 10.5. The Balaban J connectivity index is 2.60. The molecule has 1 aromatic carbocycles. The molecule has 2 rings (SSSR count). The first-order valence-corrected chi connectivity index (χ1v) is 5.82. The Morgan fingerprint density at radius 3 is 2.82 bits per heavy atom. The number of aromatic carboxylic acids is 1. The lowest BCUT2D eigenvalue weighted by molar-refractivity contribution is 0.0696. The number of aryl methyl sites for hydroxylation is 1. The van der Waals surface area contributed by atoms with E-state index in [2.05, 4.69) is 21.1 Å². The van der Waals surface area contributed by atoms with Gasteiger partial charge in [0.2, 0.25) is 0 Å². The fraction of sp³-hybridized carbons (Fsp3) is 0.0909. The van der Waals surface area contributed by atoms with Crippen LogP contribution in [0.2, 0.25) is 5.02 Å². The molecule has 0 aliphatic carbocycles. The van der Waals surface area contributed by atoms with Crippen LogP contribution in [0.25, 0.3) is 11.3 Å². The monoisotopic (exact) mass is 315 g/mol. The van der Waals surface area contributed by atoms with Crippen LogP contribution in [0.1, 0.15) is 16.1 Å². The molecule has 0 atom stereocenters. The van der Waals surface area contributed by atoms with Crippen molar-refractivity contribution in [3.8, 4) is 11.3 Å². The van der Waals surface area contributed by atoms with Crippen LogP contribution in [-0.2, 0) is 0 Å². The van der Waals surface area contributed by atoms with Crippen molar-refractivity contribution in [3.63, 3.8) is 0 Å². The third-order valence-corrected chi connectivity index (χ3v) is 3.50. The summed E-state index contributed by atoms with van der Waals surface area (Å²) in [6.07, 6.45) is 0. The maximum absolute atomic E-state index is 11.1. The fourth-order valence-electron chi connectivity index (χ4n) is 1.46. The van der Waals surface area contributed by atoms with Crippen molar-refractivity contribution < 1.29 is 14.4 Å². The van der Waals surface area contributed by atoms with E-state index < -0.39 is 5.97 Å². The van der Waals surface area contributed by atoms with Gasteiger partial charge in [0.25, 0.3) is 0 Å². The number of halogens is 2. The Bertz CT molecular complexity index is 594. The van der Waals surface area contributed by atoms with E-state index in [1.54, 1.807) is 25.1 Å². The molecule has 0 bridgehead atoms. The summed E-state index contributed by atoms with van der Waals surface area (Å²) in [7, 11) is 0. The van der Waals surface area contributed by atoms with Crippen LogP contribution in [-0.4, -0.2) is 16.2 Å². The number of carbonyl (C=O) groups is 1. The standard InChI is InChI=1S/C11H7BrClNO3/c1-5-9(11(15)16)10(14-17-5)6-2-3-7(12)8(13)4-6/h2-4H,1H3,(H,15,16).